The summed E-state index contributed by atoms with van der Waals surface area (Å²) in [5.74, 6) is -1.24. The van der Waals surface area contributed by atoms with Gasteiger partial charge in [0.1, 0.15) is 5.56 Å². The van der Waals surface area contributed by atoms with Crippen molar-refractivity contribution in [2.24, 2.45) is 0 Å². The number of piperazine rings is 1. The SMILES string of the molecule is CCOC(=O)c1cnn(-c2ccc(C(=O)N3CCN(CCN4CCCC4)CC3)cc2)c1C(F)(F)F. The number of carbonyl (C=O) groups excluding carboxylic acids is 2. The Morgan fingerprint density at radius 3 is 2.11 bits per heavy atom. The van der Waals surface area contributed by atoms with E-state index in [2.05, 4.69) is 14.9 Å². The van der Waals surface area contributed by atoms with Crippen LogP contribution in [0, 0.1) is 0 Å². The maximum Gasteiger partial charge on any atom is 0.434 e. The van der Waals surface area contributed by atoms with E-state index in [1.54, 1.807) is 4.90 Å². The van der Waals surface area contributed by atoms with Crippen LogP contribution >= 0.6 is 0 Å². The summed E-state index contributed by atoms with van der Waals surface area (Å²) in [7, 11) is 0. The largest absolute Gasteiger partial charge is 0.462 e. The first-order valence-corrected chi connectivity index (χ1v) is 11.9. The summed E-state index contributed by atoms with van der Waals surface area (Å²) in [5, 5.41) is 3.77. The lowest BCUT2D eigenvalue weighted by molar-refractivity contribution is -0.143. The second kappa shape index (κ2) is 10.8. The molecule has 0 saturated carbocycles. The van der Waals surface area contributed by atoms with Gasteiger partial charge in [-0.15, -0.1) is 0 Å². The van der Waals surface area contributed by atoms with Gasteiger partial charge >= 0.3 is 12.1 Å². The van der Waals surface area contributed by atoms with Crippen molar-refractivity contribution < 1.29 is 27.5 Å². The third-order valence-electron chi connectivity index (χ3n) is 6.48. The van der Waals surface area contributed by atoms with Crippen LogP contribution in [0.4, 0.5) is 13.2 Å². The fourth-order valence-corrected chi connectivity index (χ4v) is 4.57. The fourth-order valence-electron chi connectivity index (χ4n) is 4.57. The molecule has 0 spiro atoms. The van der Waals surface area contributed by atoms with Gasteiger partial charge in [-0.25, -0.2) is 9.48 Å². The van der Waals surface area contributed by atoms with E-state index in [9.17, 15) is 22.8 Å². The van der Waals surface area contributed by atoms with E-state index in [4.69, 9.17) is 4.74 Å². The van der Waals surface area contributed by atoms with Gasteiger partial charge in [-0.1, -0.05) is 0 Å². The Morgan fingerprint density at radius 2 is 1.54 bits per heavy atom. The van der Waals surface area contributed by atoms with Crippen LogP contribution in [0.25, 0.3) is 5.69 Å². The quantitative estimate of drug-likeness (QED) is 0.553. The minimum absolute atomic E-state index is 0.0508. The number of esters is 1. The lowest BCUT2D eigenvalue weighted by atomic mass is 10.1. The summed E-state index contributed by atoms with van der Waals surface area (Å²) in [5.41, 5.74) is -1.37. The molecule has 2 fully saturated rings. The molecule has 2 saturated heterocycles. The van der Waals surface area contributed by atoms with Gasteiger partial charge in [-0.05, 0) is 57.1 Å². The van der Waals surface area contributed by atoms with E-state index in [1.807, 2.05) is 0 Å². The predicted octanol–water partition coefficient (Wildman–Crippen LogP) is 2.92. The van der Waals surface area contributed by atoms with Gasteiger partial charge in [-0.3, -0.25) is 9.69 Å². The standard InChI is InChI=1S/C24H30F3N5O3/c1-2-35-23(34)20-17-28-32(21(20)24(25,26)27)19-7-5-18(6-8-19)22(33)31-15-13-30(14-16-31)12-11-29-9-3-4-10-29/h5-8,17H,2-4,9-16H2,1H3. The van der Waals surface area contributed by atoms with Crippen LogP contribution in [0.3, 0.4) is 0 Å². The van der Waals surface area contributed by atoms with Crippen molar-refractivity contribution in [1.82, 2.24) is 24.5 Å². The Morgan fingerprint density at radius 1 is 0.943 bits per heavy atom. The van der Waals surface area contributed by atoms with Gasteiger partial charge in [0.25, 0.3) is 5.91 Å². The van der Waals surface area contributed by atoms with E-state index < -0.39 is 23.4 Å². The Kier molecular flexibility index (Phi) is 7.75. The van der Waals surface area contributed by atoms with Crippen molar-refractivity contribution in [1.29, 1.82) is 0 Å². The van der Waals surface area contributed by atoms with Crippen molar-refractivity contribution in [3.63, 3.8) is 0 Å². The molecule has 2 aromatic rings. The van der Waals surface area contributed by atoms with Gasteiger partial charge in [-0.2, -0.15) is 18.3 Å². The zero-order valence-electron chi connectivity index (χ0n) is 19.8. The summed E-state index contributed by atoms with van der Waals surface area (Å²) in [4.78, 5) is 31.5. The van der Waals surface area contributed by atoms with Crippen LogP contribution in [-0.4, -0.2) is 95.3 Å². The van der Waals surface area contributed by atoms with Crippen molar-refractivity contribution >= 4 is 11.9 Å². The van der Waals surface area contributed by atoms with Gasteiger partial charge in [0.2, 0.25) is 0 Å². The molecule has 8 nitrogen and oxygen atoms in total. The molecule has 3 heterocycles. The Labute approximate surface area is 202 Å². The summed E-state index contributed by atoms with van der Waals surface area (Å²) < 4.78 is 46.5. The average molecular weight is 494 g/mol. The highest BCUT2D eigenvalue weighted by Gasteiger charge is 2.41. The third-order valence-corrected chi connectivity index (χ3v) is 6.48. The Balaban J connectivity index is 1.40. The van der Waals surface area contributed by atoms with Crippen LogP contribution in [0.1, 0.15) is 46.2 Å². The minimum atomic E-state index is -4.82. The second-order valence-electron chi connectivity index (χ2n) is 8.77. The van der Waals surface area contributed by atoms with Crippen LogP contribution in [0.5, 0.6) is 0 Å². The molecule has 0 atom stereocenters. The van der Waals surface area contributed by atoms with Gasteiger partial charge in [0, 0.05) is 44.8 Å². The van der Waals surface area contributed by atoms with Crippen LogP contribution in [0.2, 0.25) is 0 Å². The highest BCUT2D eigenvalue weighted by molar-refractivity contribution is 5.94. The molecule has 0 radical (unpaired) electrons. The zero-order valence-corrected chi connectivity index (χ0v) is 19.8. The number of amides is 1. The first-order valence-electron chi connectivity index (χ1n) is 11.9. The number of hydrogen-bond acceptors (Lipinski definition) is 6. The summed E-state index contributed by atoms with van der Waals surface area (Å²) in [6, 6.07) is 5.78. The number of benzene rings is 1. The molecule has 4 rings (SSSR count). The topological polar surface area (TPSA) is 70.9 Å². The molecule has 2 aliphatic rings. The number of alkyl halides is 3. The molecule has 1 aromatic heterocycles. The lowest BCUT2D eigenvalue weighted by Gasteiger charge is -2.35. The maximum atomic E-state index is 13.7. The number of hydrogen-bond donors (Lipinski definition) is 0. The number of aromatic nitrogens is 2. The van der Waals surface area contributed by atoms with Crippen molar-refractivity contribution in [2.75, 3.05) is 59.0 Å². The van der Waals surface area contributed by atoms with Crippen LogP contribution < -0.4 is 0 Å². The number of rotatable bonds is 7. The minimum Gasteiger partial charge on any atom is -0.462 e. The fraction of sp³-hybridized carbons (Fsp3) is 0.542. The maximum absolute atomic E-state index is 13.7. The number of nitrogens with zero attached hydrogens (tertiary/aromatic N) is 5. The Bertz CT molecular complexity index is 1020. The van der Waals surface area contributed by atoms with Crippen molar-refractivity contribution in [3.8, 4) is 5.69 Å². The highest BCUT2D eigenvalue weighted by Crippen LogP contribution is 2.34. The van der Waals surface area contributed by atoms with Gasteiger partial charge in [0.05, 0.1) is 18.5 Å². The first kappa shape index (κ1) is 25.2. The smallest absolute Gasteiger partial charge is 0.434 e. The second-order valence-corrected chi connectivity index (χ2v) is 8.77. The highest BCUT2D eigenvalue weighted by atomic mass is 19.4. The summed E-state index contributed by atoms with van der Waals surface area (Å²) >= 11 is 0. The average Bonchev–Trinajstić information content (AvgIpc) is 3.53. The number of ether oxygens (including phenoxy) is 1. The van der Waals surface area contributed by atoms with Gasteiger partial charge < -0.3 is 14.5 Å². The number of halogens is 3. The van der Waals surface area contributed by atoms with Crippen molar-refractivity contribution in [3.05, 3.63) is 47.3 Å². The van der Waals surface area contributed by atoms with E-state index in [0.29, 0.717) is 23.3 Å². The van der Waals surface area contributed by atoms with Crippen molar-refractivity contribution in [2.45, 2.75) is 25.9 Å². The van der Waals surface area contributed by atoms with Crippen LogP contribution in [0.15, 0.2) is 30.5 Å². The number of carbonyl (C=O) groups is 2. The monoisotopic (exact) mass is 493 g/mol. The normalized spacial score (nSPS) is 17.7. The lowest BCUT2D eigenvalue weighted by Crippen LogP contribution is -2.50. The predicted molar refractivity (Wildman–Crippen MR) is 123 cm³/mol. The molecule has 1 aromatic carbocycles. The molecule has 35 heavy (non-hydrogen) atoms. The molecule has 0 bridgehead atoms. The zero-order chi connectivity index (χ0) is 25.0. The molecule has 0 N–H and O–H groups in total. The molecule has 0 unspecified atom stereocenters. The molecule has 11 heteroatoms. The number of likely N-dealkylation sites (tertiary alicyclic amines) is 1. The summed E-state index contributed by atoms with van der Waals surface area (Å²) in [6.45, 7) is 8.68. The molecule has 1 amide bonds. The molecule has 0 aliphatic carbocycles. The van der Waals surface area contributed by atoms with E-state index in [1.165, 1.54) is 57.1 Å². The van der Waals surface area contributed by atoms with E-state index in [-0.39, 0.29) is 18.2 Å². The van der Waals surface area contributed by atoms with Gasteiger partial charge in [0.15, 0.2) is 5.69 Å². The van der Waals surface area contributed by atoms with Crippen LogP contribution in [-0.2, 0) is 10.9 Å². The third kappa shape index (κ3) is 5.84. The molecular formula is C24H30F3N5O3. The Hall–Kier alpha value is -2.92. The van der Waals surface area contributed by atoms with E-state index in [0.717, 1.165) is 32.4 Å². The molecule has 190 valence electrons. The molecule has 2 aliphatic heterocycles. The summed E-state index contributed by atoms with van der Waals surface area (Å²) in [6.07, 6.45) is -1.43. The van der Waals surface area contributed by atoms with E-state index >= 15 is 0 Å². The first-order chi connectivity index (χ1) is 16.8. The molecular weight excluding hydrogens is 463 g/mol.